The lowest BCUT2D eigenvalue weighted by Gasteiger charge is -2.28. The van der Waals surface area contributed by atoms with Gasteiger partial charge in [-0.25, -0.2) is 17.2 Å². The van der Waals surface area contributed by atoms with Gasteiger partial charge in [-0.05, 0) is 43.5 Å². The number of rotatable bonds is 9. The number of sulfonamides is 1. The number of carbonyl (C=O) groups excluding carboxylic acids is 1. The van der Waals surface area contributed by atoms with Crippen molar-refractivity contribution in [2.75, 3.05) is 24.2 Å². The number of amides is 1. The lowest BCUT2D eigenvalue weighted by Crippen LogP contribution is -2.48. The second-order valence-electron chi connectivity index (χ2n) is 6.54. The standard InChI is InChI=1S/C20H24F2N2O4S/c1-14(24(29(3,26)27)16-10-11-17(21)18(22)13-16)20(25)23-12-6-8-15-7-4-5-9-19(15)28-2/h4-5,7,9-11,13-14H,6,8,12H2,1-3H3,(H,23,25). The van der Waals surface area contributed by atoms with Crippen LogP contribution in [0, 0.1) is 11.6 Å². The first-order valence-corrected chi connectivity index (χ1v) is 10.8. The Labute approximate surface area is 169 Å². The maximum atomic E-state index is 13.6. The van der Waals surface area contributed by atoms with Crippen molar-refractivity contribution in [2.45, 2.75) is 25.8 Å². The number of carbonyl (C=O) groups is 1. The van der Waals surface area contributed by atoms with Gasteiger partial charge in [-0.1, -0.05) is 18.2 Å². The van der Waals surface area contributed by atoms with Crippen molar-refractivity contribution in [3.05, 3.63) is 59.7 Å². The Kier molecular flexibility index (Phi) is 7.55. The maximum absolute atomic E-state index is 13.6. The summed E-state index contributed by atoms with van der Waals surface area (Å²) in [5, 5.41) is 2.68. The monoisotopic (exact) mass is 426 g/mol. The third kappa shape index (κ3) is 5.90. The molecular formula is C20H24F2N2O4S. The molecule has 2 aromatic carbocycles. The molecule has 29 heavy (non-hydrogen) atoms. The lowest BCUT2D eigenvalue weighted by atomic mass is 10.1. The van der Waals surface area contributed by atoms with Crippen molar-refractivity contribution in [1.29, 1.82) is 0 Å². The van der Waals surface area contributed by atoms with E-state index in [1.807, 2.05) is 24.3 Å². The van der Waals surface area contributed by atoms with E-state index >= 15 is 0 Å². The highest BCUT2D eigenvalue weighted by molar-refractivity contribution is 7.92. The van der Waals surface area contributed by atoms with Crippen LogP contribution in [-0.2, 0) is 21.2 Å². The van der Waals surface area contributed by atoms with Crippen LogP contribution >= 0.6 is 0 Å². The summed E-state index contributed by atoms with van der Waals surface area (Å²) in [6, 6.07) is 9.09. The quantitative estimate of drug-likeness (QED) is 0.626. The van der Waals surface area contributed by atoms with E-state index in [9.17, 15) is 22.0 Å². The van der Waals surface area contributed by atoms with Crippen LogP contribution in [0.3, 0.4) is 0 Å². The molecule has 0 aliphatic carbocycles. The first-order chi connectivity index (χ1) is 13.6. The van der Waals surface area contributed by atoms with Gasteiger partial charge in [0.25, 0.3) is 0 Å². The number of nitrogens with one attached hydrogen (secondary N) is 1. The number of nitrogens with zero attached hydrogens (tertiary/aromatic N) is 1. The van der Waals surface area contributed by atoms with E-state index in [1.165, 1.54) is 6.92 Å². The third-order valence-corrected chi connectivity index (χ3v) is 5.60. The zero-order chi connectivity index (χ0) is 21.6. The van der Waals surface area contributed by atoms with Gasteiger partial charge in [-0.15, -0.1) is 0 Å². The van der Waals surface area contributed by atoms with Crippen LogP contribution in [0.5, 0.6) is 5.75 Å². The summed E-state index contributed by atoms with van der Waals surface area (Å²) in [7, 11) is -2.32. The van der Waals surface area contributed by atoms with Gasteiger partial charge in [0.15, 0.2) is 11.6 Å². The molecule has 1 atom stereocenters. The Balaban J connectivity index is 2.03. The van der Waals surface area contributed by atoms with Gasteiger partial charge in [0.1, 0.15) is 11.8 Å². The summed E-state index contributed by atoms with van der Waals surface area (Å²) in [5.41, 5.74) is 0.875. The molecule has 0 heterocycles. The molecule has 0 radical (unpaired) electrons. The number of para-hydroxylation sites is 1. The summed E-state index contributed by atoms with van der Waals surface area (Å²) in [6.45, 7) is 1.70. The topological polar surface area (TPSA) is 75.7 Å². The molecule has 1 N–H and O–H groups in total. The van der Waals surface area contributed by atoms with Gasteiger partial charge in [0.2, 0.25) is 15.9 Å². The largest absolute Gasteiger partial charge is 0.496 e. The average molecular weight is 426 g/mol. The normalized spacial score (nSPS) is 12.3. The Morgan fingerprint density at radius 3 is 2.48 bits per heavy atom. The molecule has 0 spiro atoms. The Hall–Kier alpha value is -2.68. The van der Waals surface area contributed by atoms with Crippen LogP contribution in [0.25, 0.3) is 0 Å². The predicted octanol–water partition coefficient (Wildman–Crippen LogP) is 2.88. The lowest BCUT2D eigenvalue weighted by molar-refractivity contribution is -0.121. The van der Waals surface area contributed by atoms with Crippen LogP contribution in [0.1, 0.15) is 18.9 Å². The molecule has 0 fully saturated rings. The van der Waals surface area contributed by atoms with E-state index in [0.29, 0.717) is 19.4 Å². The van der Waals surface area contributed by atoms with Crippen LogP contribution < -0.4 is 14.4 Å². The zero-order valence-corrected chi connectivity index (χ0v) is 17.3. The van der Waals surface area contributed by atoms with Crippen molar-refractivity contribution in [3.8, 4) is 5.75 Å². The number of ether oxygens (including phenoxy) is 1. The highest BCUT2D eigenvalue weighted by Gasteiger charge is 2.29. The smallest absolute Gasteiger partial charge is 0.243 e. The predicted molar refractivity (Wildman–Crippen MR) is 107 cm³/mol. The molecule has 2 rings (SSSR count). The molecule has 6 nitrogen and oxygen atoms in total. The van der Waals surface area contributed by atoms with E-state index < -0.39 is 33.6 Å². The van der Waals surface area contributed by atoms with Gasteiger partial charge >= 0.3 is 0 Å². The molecule has 9 heteroatoms. The van der Waals surface area contributed by atoms with E-state index in [2.05, 4.69) is 5.32 Å². The summed E-state index contributed by atoms with van der Waals surface area (Å²) >= 11 is 0. The number of halogens is 2. The SMILES string of the molecule is COc1ccccc1CCCNC(=O)C(C)N(c1ccc(F)c(F)c1)S(C)(=O)=O. The summed E-state index contributed by atoms with van der Waals surface area (Å²) < 4.78 is 57.1. The molecule has 0 aromatic heterocycles. The molecule has 0 aliphatic heterocycles. The Morgan fingerprint density at radius 2 is 1.86 bits per heavy atom. The minimum atomic E-state index is -3.91. The number of benzene rings is 2. The molecule has 158 valence electrons. The highest BCUT2D eigenvalue weighted by atomic mass is 32.2. The summed E-state index contributed by atoms with van der Waals surface area (Å²) in [6.07, 6.45) is 2.18. The fourth-order valence-electron chi connectivity index (χ4n) is 2.98. The molecule has 1 unspecified atom stereocenters. The van der Waals surface area contributed by atoms with Crippen molar-refractivity contribution in [1.82, 2.24) is 5.32 Å². The van der Waals surface area contributed by atoms with Crippen LogP contribution in [0.15, 0.2) is 42.5 Å². The molecule has 0 saturated carbocycles. The van der Waals surface area contributed by atoms with Crippen LogP contribution in [0.2, 0.25) is 0 Å². The summed E-state index contributed by atoms with van der Waals surface area (Å²) in [4.78, 5) is 12.5. The maximum Gasteiger partial charge on any atom is 0.243 e. The Morgan fingerprint density at radius 1 is 1.17 bits per heavy atom. The molecule has 2 aromatic rings. The third-order valence-electron chi connectivity index (χ3n) is 4.36. The average Bonchev–Trinajstić information content (AvgIpc) is 2.67. The first kappa shape index (κ1) is 22.6. The van der Waals surface area contributed by atoms with E-state index in [0.717, 1.165) is 40.1 Å². The van der Waals surface area contributed by atoms with E-state index in [1.54, 1.807) is 7.11 Å². The van der Waals surface area contributed by atoms with Gasteiger partial charge < -0.3 is 10.1 Å². The van der Waals surface area contributed by atoms with Gasteiger partial charge in [0, 0.05) is 12.6 Å². The zero-order valence-electron chi connectivity index (χ0n) is 16.5. The van der Waals surface area contributed by atoms with Crippen molar-refractivity contribution in [3.63, 3.8) is 0 Å². The van der Waals surface area contributed by atoms with Crippen LogP contribution in [-0.4, -0.2) is 40.3 Å². The minimum absolute atomic E-state index is 0.122. The number of aryl methyl sites for hydroxylation is 1. The Bertz CT molecular complexity index is 967. The number of anilines is 1. The van der Waals surface area contributed by atoms with Gasteiger partial charge in [0.05, 0.1) is 19.1 Å². The molecule has 0 aliphatic rings. The number of hydrogen-bond acceptors (Lipinski definition) is 4. The van der Waals surface area contributed by atoms with Crippen LogP contribution in [0.4, 0.5) is 14.5 Å². The second-order valence-corrected chi connectivity index (χ2v) is 8.40. The number of hydrogen-bond donors (Lipinski definition) is 1. The molecule has 1 amide bonds. The molecule has 0 bridgehead atoms. The number of methoxy groups -OCH3 is 1. The fourth-order valence-corrected chi connectivity index (χ4v) is 4.15. The summed E-state index contributed by atoms with van der Waals surface area (Å²) in [5.74, 6) is -2.08. The second kappa shape index (κ2) is 9.69. The van der Waals surface area contributed by atoms with Gasteiger partial charge in [-0.3, -0.25) is 9.10 Å². The molecular weight excluding hydrogens is 402 g/mol. The van der Waals surface area contributed by atoms with Crippen molar-refractivity contribution in [2.24, 2.45) is 0 Å². The minimum Gasteiger partial charge on any atom is -0.496 e. The molecule has 0 saturated heterocycles. The highest BCUT2D eigenvalue weighted by Crippen LogP contribution is 2.23. The van der Waals surface area contributed by atoms with Crippen molar-refractivity contribution >= 4 is 21.6 Å². The first-order valence-electron chi connectivity index (χ1n) is 8.99. The van der Waals surface area contributed by atoms with E-state index in [-0.39, 0.29) is 5.69 Å². The van der Waals surface area contributed by atoms with Gasteiger partial charge in [-0.2, -0.15) is 0 Å². The van der Waals surface area contributed by atoms with E-state index in [4.69, 9.17) is 4.74 Å². The van der Waals surface area contributed by atoms with Crippen molar-refractivity contribution < 1.29 is 26.7 Å². The fraction of sp³-hybridized carbons (Fsp3) is 0.350.